The lowest BCUT2D eigenvalue weighted by Crippen LogP contribution is -2.30. The molecular weight excluding hydrogens is 399 g/mol. The summed E-state index contributed by atoms with van der Waals surface area (Å²) in [6, 6.07) is 11.6. The number of benzene rings is 2. The minimum Gasteiger partial charge on any atom is -0.326 e. The van der Waals surface area contributed by atoms with E-state index in [-0.39, 0.29) is 12.3 Å². The fourth-order valence-electron chi connectivity index (χ4n) is 2.14. The van der Waals surface area contributed by atoms with E-state index in [1.54, 1.807) is 18.2 Å². The van der Waals surface area contributed by atoms with Gasteiger partial charge in [-0.05, 0) is 35.9 Å². The average molecular weight is 415 g/mol. The van der Waals surface area contributed by atoms with E-state index in [0.29, 0.717) is 11.3 Å². The monoisotopic (exact) mass is 414 g/mol. The van der Waals surface area contributed by atoms with Crippen LogP contribution in [0.3, 0.4) is 0 Å². The summed E-state index contributed by atoms with van der Waals surface area (Å²) >= 11 is 3.31. The predicted molar refractivity (Wildman–Crippen MR) is 94.5 cm³/mol. The van der Waals surface area contributed by atoms with Gasteiger partial charge in [0.05, 0.1) is 12.3 Å². The number of anilines is 1. The van der Waals surface area contributed by atoms with Gasteiger partial charge in [-0.15, -0.1) is 0 Å². The molecule has 0 aliphatic heterocycles. The maximum atomic E-state index is 13.1. The van der Waals surface area contributed by atoms with Gasteiger partial charge in [-0.1, -0.05) is 34.1 Å². The molecule has 0 radical (unpaired) electrons. The average Bonchev–Trinajstić information content (AvgIpc) is 2.45. The van der Waals surface area contributed by atoms with Crippen molar-refractivity contribution in [3.05, 3.63) is 64.4 Å². The second-order valence-corrected chi connectivity index (χ2v) is 7.95. The molecule has 2 rings (SSSR count). The number of carbonyl (C=O) groups excluding carboxylic acids is 1. The minimum absolute atomic E-state index is 0.120. The lowest BCUT2D eigenvalue weighted by atomic mass is 10.0. The number of hydrogen-bond acceptors (Lipinski definition) is 3. The van der Waals surface area contributed by atoms with E-state index in [2.05, 4.69) is 26.0 Å². The van der Waals surface area contributed by atoms with Crippen molar-refractivity contribution in [2.45, 2.75) is 12.5 Å². The summed E-state index contributed by atoms with van der Waals surface area (Å²) in [5.41, 5.74) is 1.10. The highest BCUT2D eigenvalue weighted by Gasteiger charge is 2.20. The van der Waals surface area contributed by atoms with Crippen LogP contribution in [-0.4, -0.2) is 20.6 Å². The molecule has 24 heavy (non-hydrogen) atoms. The number of sulfonamides is 1. The Morgan fingerprint density at radius 2 is 1.88 bits per heavy atom. The van der Waals surface area contributed by atoms with Gasteiger partial charge in [-0.2, -0.15) is 0 Å². The van der Waals surface area contributed by atoms with E-state index in [1.165, 1.54) is 24.3 Å². The summed E-state index contributed by atoms with van der Waals surface area (Å²) in [5.74, 6) is -0.797. The molecule has 128 valence electrons. The third kappa shape index (κ3) is 6.03. The van der Waals surface area contributed by atoms with E-state index in [0.717, 1.165) is 10.7 Å². The van der Waals surface area contributed by atoms with Crippen LogP contribution in [0.5, 0.6) is 0 Å². The molecule has 2 aromatic carbocycles. The number of hydrogen-bond donors (Lipinski definition) is 2. The summed E-state index contributed by atoms with van der Waals surface area (Å²) in [7, 11) is -3.54. The smallest absolute Gasteiger partial charge is 0.226 e. The molecule has 8 heteroatoms. The van der Waals surface area contributed by atoms with Crippen LogP contribution in [0.2, 0.25) is 0 Å². The minimum atomic E-state index is -3.54. The Bertz CT molecular complexity index is 825. The number of amides is 1. The molecule has 0 heterocycles. The van der Waals surface area contributed by atoms with Crippen molar-refractivity contribution in [3.8, 4) is 0 Å². The van der Waals surface area contributed by atoms with Crippen molar-refractivity contribution in [1.82, 2.24) is 4.72 Å². The van der Waals surface area contributed by atoms with E-state index in [1.807, 2.05) is 6.07 Å². The van der Waals surface area contributed by atoms with Crippen LogP contribution in [-0.2, 0) is 14.8 Å². The number of carbonyl (C=O) groups is 1. The van der Waals surface area contributed by atoms with Crippen molar-refractivity contribution >= 4 is 37.5 Å². The van der Waals surface area contributed by atoms with Gasteiger partial charge in [0.1, 0.15) is 5.82 Å². The molecule has 0 aliphatic rings. The Labute approximate surface area is 148 Å². The molecule has 0 aromatic heterocycles. The van der Waals surface area contributed by atoms with Crippen LogP contribution < -0.4 is 10.0 Å². The van der Waals surface area contributed by atoms with Crippen LogP contribution >= 0.6 is 15.9 Å². The maximum Gasteiger partial charge on any atom is 0.226 e. The van der Waals surface area contributed by atoms with Gasteiger partial charge >= 0.3 is 0 Å². The van der Waals surface area contributed by atoms with E-state index in [9.17, 15) is 17.6 Å². The van der Waals surface area contributed by atoms with Crippen molar-refractivity contribution < 1.29 is 17.6 Å². The molecule has 0 saturated heterocycles. The molecule has 2 N–H and O–H groups in total. The van der Waals surface area contributed by atoms with Crippen LogP contribution in [0.25, 0.3) is 0 Å². The zero-order valence-corrected chi connectivity index (χ0v) is 15.2. The number of rotatable bonds is 6. The zero-order chi connectivity index (χ0) is 17.7. The number of nitrogens with one attached hydrogen (secondary N) is 2. The third-order valence-electron chi connectivity index (χ3n) is 3.13. The topological polar surface area (TPSA) is 75.3 Å². The molecular formula is C16H16BrFN2O3S. The second-order valence-electron chi connectivity index (χ2n) is 5.26. The molecule has 1 amide bonds. The lowest BCUT2D eigenvalue weighted by Gasteiger charge is -2.18. The van der Waals surface area contributed by atoms with Gasteiger partial charge < -0.3 is 5.32 Å². The molecule has 0 aliphatic carbocycles. The SMILES string of the molecule is CS(=O)(=O)N[C@H](CC(=O)Nc1cccc(Br)c1)c1ccc(F)cc1. The molecule has 5 nitrogen and oxygen atoms in total. The molecule has 0 bridgehead atoms. The van der Waals surface area contributed by atoms with Crippen LogP contribution in [0.15, 0.2) is 53.0 Å². The van der Waals surface area contributed by atoms with Crippen LogP contribution in [0.1, 0.15) is 18.0 Å². The summed E-state index contributed by atoms with van der Waals surface area (Å²) in [6.07, 6.45) is 0.890. The van der Waals surface area contributed by atoms with Crippen molar-refractivity contribution in [2.75, 3.05) is 11.6 Å². The largest absolute Gasteiger partial charge is 0.326 e. The first kappa shape index (κ1) is 18.6. The van der Waals surface area contributed by atoms with Gasteiger partial charge in [-0.25, -0.2) is 17.5 Å². The Morgan fingerprint density at radius 3 is 2.46 bits per heavy atom. The molecule has 0 saturated carbocycles. The van der Waals surface area contributed by atoms with Crippen LogP contribution in [0, 0.1) is 5.82 Å². The van der Waals surface area contributed by atoms with E-state index >= 15 is 0 Å². The molecule has 0 spiro atoms. The highest BCUT2D eigenvalue weighted by Crippen LogP contribution is 2.20. The summed E-state index contributed by atoms with van der Waals surface area (Å²) < 4.78 is 39.3. The summed E-state index contributed by atoms with van der Waals surface area (Å²) in [6.45, 7) is 0. The maximum absolute atomic E-state index is 13.1. The highest BCUT2D eigenvalue weighted by atomic mass is 79.9. The lowest BCUT2D eigenvalue weighted by molar-refractivity contribution is -0.116. The van der Waals surface area contributed by atoms with E-state index in [4.69, 9.17) is 0 Å². The van der Waals surface area contributed by atoms with Gasteiger partial charge in [0.15, 0.2) is 0 Å². The normalized spacial score (nSPS) is 12.6. The van der Waals surface area contributed by atoms with Crippen molar-refractivity contribution in [2.24, 2.45) is 0 Å². The van der Waals surface area contributed by atoms with Crippen molar-refractivity contribution in [3.63, 3.8) is 0 Å². The second kappa shape index (κ2) is 7.87. The van der Waals surface area contributed by atoms with E-state index < -0.39 is 21.9 Å². The van der Waals surface area contributed by atoms with Gasteiger partial charge in [0, 0.05) is 16.6 Å². The first-order valence-corrected chi connectivity index (χ1v) is 9.69. The molecule has 0 unspecified atom stereocenters. The standard InChI is InChI=1S/C16H16BrFN2O3S/c1-24(22,23)20-15(11-5-7-13(18)8-6-11)10-16(21)19-14-4-2-3-12(17)9-14/h2-9,15,20H,10H2,1H3,(H,19,21)/t15-/m1/s1. The quantitative estimate of drug-likeness (QED) is 0.761. The Hall–Kier alpha value is -1.77. The Kier molecular flexibility index (Phi) is 6.09. The van der Waals surface area contributed by atoms with Gasteiger partial charge in [0.25, 0.3) is 0 Å². The first-order valence-electron chi connectivity index (χ1n) is 7.01. The van der Waals surface area contributed by atoms with Crippen LogP contribution in [0.4, 0.5) is 10.1 Å². The summed E-state index contributed by atoms with van der Waals surface area (Å²) in [5, 5.41) is 2.70. The van der Waals surface area contributed by atoms with Crippen molar-refractivity contribution in [1.29, 1.82) is 0 Å². The summed E-state index contributed by atoms with van der Waals surface area (Å²) in [4.78, 5) is 12.2. The fraction of sp³-hybridized carbons (Fsp3) is 0.188. The Balaban J connectivity index is 2.15. The first-order chi connectivity index (χ1) is 11.2. The predicted octanol–water partition coefficient (Wildman–Crippen LogP) is 3.21. The van der Waals surface area contributed by atoms with Gasteiger partial charge in [0.2, 0.25) is 15.9 Å². The number of halogens is 2. The molecule has 1 atom stereocenters. The Morgan fingerprint density at radius 1 is 1.21 bits per heavy atom. The fourth-order valence-corrected chi connectivity index (χ4v) is 3.28. The highest BCUT2D eigenvalue weighted by molar-refractivity contribution is 9.10. The third-order valence-corrected chi connectivity index (χ3v) is 4.33. The molecule has 0 fully saturated rings. The molecule has 2 aromatic rings. The zero-order valence-electron chi connectivity index (χ0n) is 12.8. The van der Waals surface area contributed by atoms with Gasteiger partial charge in [-0.3, -0.25) is 4.79 Å².